The number of carbonyl (C=O) groups is 1. The van der Waals surface area contributed by atoms with E-state index >= 15 is 0 Å². The van der Waals surface area contributed by atoms with Gasteiger partial charge < -0.3 is 10.2 Å². The minimum Gasteiger partial charge on any atom is -0.359 e. The number of hydrogen-bond donors (Lipinski definition) is 1. The summed E-state index contributed by atoms with van der Waals surface area (Å²) >= 11 is 0. The number of hydrogen-bond acceptors (Lipinski definition) is 4. The summed E-state index contributed by atoms with van der Waals surface area (Å²) in [5.74, 6) is 2.98. The molecule has 1 saturated carbocycles. The van der Waals surface area contributed by atoms with Crippen molar-refractivity contribution in [2.75, 3.05) is 25.0 Å². The van der Waals surface area contributed by atoms with Crippen molar-refractivity contribution in [1.82, 2.24) is 15.3 Å². The zero-order chi connectivity index (χ0) is 15.7. The van der Waals surface area contributed by atoms with Crippen molar-refractivity contribution in [3.63, 3.8) is 0 Å². The van der Waals surface area contributed by atoms with Crippen LogP contribution in [0.15, 0.2) is 0 Å². The summed E-state index contributed by atoms with van der Waals surface area (Å²) < 4.78 is 0. The van der Waals surface area contributed by atoms with E-state index in [0.717, 1.165) is 42.5 Å². The van der Waals surface area contributed by atoms with Gasteiger partial charge in [0.2, 0.25) is 0 Å². The molecular formula is C17H26N4O. The minimum absolute atomic E-state index is 0.0491. The van der Waals surface area contributed by atoms with E-state index in [1.165, 1.54) is 19.3 Å². The first-order valence-corrected chi connectivity index (χ1v) is 8.43. The third-order valence-electron chi connectivity index (χ3n) is 4.62. The number of nitrogens with one attached hydrogen (secondary N) is 1. The van der Waals surface area contributed by atoms with Crippen LogP contribution in [-0.2, 0) is 12.8 Å². The zero-order valence-corrected chi connectivity index (χ0v) is 13.9. The molecule has 0 spiro atoms. The largest absolute Gasteiger partial charge is 0.359 e. The van der Waals surface area contributed by atoms with Gasteiger partial charge >= 0.3 is 0 Å². The van der Waals surface area contributed by atoms with Gasteiger partial charge in [0.1, 0.15) is 17.3 Å². The number of nitrogens with zero attached hydrogens (tertiary/aromatic N) is 3. The highest BCUT2D eigenvalue weighted by Gasteiger charge is 2.27. The molecule has 0 saturated heterocycles. The normalized spacial score (nSPS) is 17.9. The van der Waals surface area contributed by atoms with Crippen LogP contribution >= 0.6 is 0 Å². The third kappa shape index (κ3) is 3.08. The second-order valence-electron chi connectivity index (χ2n) is 7.07. The number of carbonyl (C=O) groups excluding carboxylic acids is 1. The maximum atomic E-state index is 12.2. The van der Waals surface area contributed by atoms with Gasteiger partial charge in [-0.2, -0.15) is 0 Å². The standard InChI is InChI=1S/C17H26N4O/c1-11(2)9-14-19-15-13(7-8-18-17(15)22)16(20-14)21(3)10-12-5-4-6-12/h11-12H,4-10H2,1-3H3,(H,18,22). The summed E-state index contributed by atoms with van der Waals surface area (Å²) in [5.41, 5.74) is 1.62. The van der Waals surface area contributed by atoms with Crippen molar-refractivity contribution < 1.29 is 4.79 Å². The second-order valence-corrected chi connectivity index (χ2v) is 7.07. The van der Waals surface area contributed by atoms with Gasteiger partial charge in [0.25, 0.3) is 5.91 Å². The Kier molecular flexibility index (Phi) is 4.32. The zero-order valence-electron chi connectivity index (χ0n) is 13.9. The van der Waals surface area contributed by atoms with Crippen LogP contribution in [0, 0.1) is 11.8 Å². The van der Waals surface area contributed by atoms with Crippen LogP contribution in [0.4, 0.5) is 5.82 Å². The summed E-state index contributed by atoms with van der Waals surface area (Å²) in [6.45, 7) is 6.02. The lowest BCUT2D eigenvalue weighted by atomic mass is 9.85. The van der Waals surface area contributed by atoms with E-state index < -0.39 is 0 Å². The van der Waals surface area contributed by atoms with Gasteiger partial charge in [-0.1, -0.05) is 20.3 Å². The maximum absolute atomic E-state index is 12.2. The molecule has 3 rings (SSSR count). The Labute approximate surface area is 132 Å². The molecule has 5 heteroatoms. The van der Waals surface area contributed by atoms with Gasteiger partial charge in [-0.05, 0) is 31.1 Å². The number of fused-ring (bicyclic) bond motifs is 1. The van der Waals surface area contributed by atoms with Crippen LogP contribution in [0.3, 0.4) is 0 Å². The fourth-order valence-electron chi connectivity index (χ4n) is 3.24. The monoisotopic (exact) mass is 302 g/mol. The van der Waals surface area contributed by atoms with Crippen LogP contribution in [0.25, 0.3) is 0 Å². The van der Waals surface area contributed by atoms with E-state index in [0.29, 0.717) is 18.2 Å². The summed E-state index contributed by atoms with van der Waals surface area (Å²) in [4.78, 5) is 23.8. The van der Waals surface area contributed by atoms with Crippen molar-refractivity contribution in [3.05, 3.63) is 17.1 Å². The predicted molar refractivity (Wildman–Crippen MR) is 87.2 cm³/mol. The van der Waals surface area contributed by atoms with Crippen LogP contribution in [0.5, 0.6) is 0 Å². The van der Waals surface area contributed by atoms with Gasteiger partial charge in [0.05, 0.1) is 0 Å². The van der Waals surface area contributed by atoms with Gasteiger partial charge in [-0.3, -0.25) is 4.79 Å². The minimum atomic E-state index is -0.0491. The van der Waals surface area contributed by atoms with Crippen molar-refractivity contribution in [3.8, 4) is 0 Å². The van der Waals surface area contributed by atoms with E-state index in [1.54, 1.807) is 0 Å². The molecule has 0 aromatic carbocycles. The Balaban J connectivity index is 1.94. The highest BCUT2D eigenvalue weighted by molar-refractivity contribution is 5.96. The molecule has 5 nitrogen and oxygen atoms in total. The highest BCUT2D eigenvalue weighted by Crippen LogP contribution is 2.30. The molecule has 1 fully saturated rings. The first kappa shape index (κ1) is 15.3. The Hall–Kier alpha value is -1.65. The van der Waals surface area contributed by atoms with Gasteiger partial charge in [-0.25, -0.2) is 9.97 Å². The molecule has 0 bridgehead atoms. The molecule has 2 aliphatic rings. The lowest BCUT2D eigenvalue weighted by molar-refractivity contribution is 0.0940. The van der Waals surface area contributed by atoms with Crippen molar-refractivity contribution in [2.24, 2.45) is 11.8 Å². The third-order valence-corrected chi connectivity index (χ3v) is 4.62. The molecule has 1 aliphatic carbocycles. The Morgan fingerprint density at radius 2 is 2.09 bits per heavy atom. The number of amides is 1. The topological polar surface area (TPSA) is 58.1 Å². The van der Waals surface area contributed by atoms with E-state index in [4.69, 9.17) is 4.98 Å². The van der Waals surface area contributed by atoms with Gasteiger partial charge in [-0.15, -0.1) is 0 Å². The highest BCUT2D eigenvalue weighted by atomic mass is 16.1. The number of aromatic nitrogens is 2. The van der Waals surface area contributed by atoms with Crippen LogP contribution in [0.2, 0.25) is 0 Å². The van der Waals surface area contributed by atoms with E-state index in [2.05, 4.69) is 36.1 Å². The molecule has 1 aliphatic heterocycles. The molecule has 1 aromatic heterocycles. The molecule has 1 aromatic rings. The van der Waals surface area contributed by atoms with Gasteiger partial charge in [0.15, 0.2) is 0 Å². The first-order chi connectivity index (χ1) is 10.5. The first-order valence-electron chi connectivity index (χ1n) is 8.43. The number of anilines is 1. The van der Waals surface area contributed by atoms with E-state index in [1.807, 2.05) is 0 Å². The van der Waals surface area contributed by atoms with Crippen molar-refractivity contribution in [2.45, 2.75) is 46.0 Å². The fraction of sp³-hybridized carbons (Fsp3) is 0.706. The smallest absolute Gasteiger partial charge is 0.270 e. The van der Waals surface area contributed by atoms with Crippen LogP contribution in [0.1, 0.15) is 55.0 Å². The molecule has 22 heavy (non-hydrogen) atoms. The second kappa shape index (κ2) is 6.23. The van der Waals surface area contributed by atoms with Crippen LogP contribution < -0.4 is 10.2 Å². The molecule has 1 N–H and O–H groups in total. The summed E-state index contributed by atoms with van der Waals surface area (Å²) in [6.07, 6.45) is 5.62. The fourth-order valence-corrected chi connectivity index (χ4v) is 3.24. The Morgan fingerprint density at radius 1 is 1.32 bits per heavy atom. The number of rotatable bonds is 5. The SMILES string of the molecule is CC(C)Cc1nc2c(c(N(C)CC3CCC3)n1)CCNC2=O. The summed E-state index contributed by atoms with van der Waals surface area (Å²) in [5, 5.41) is 2.90. The molecule has 2 heterocycles. The van der Waals surface area contributed by atoms with Crippen molar-refractivity contribution in [1.29, 1.82) is 0 Å². The van der Waals surface area contributed by atoms with E-state index in [-0.39, 0.29) is 5.91 Å². The van der Waals surface area contributed by atoms with E-state index in [9.17, 15) is 4.79 Å². The summed E-state index contributed by atoms with van der Waals surface area (Å²) in [7, 11) is 2.10. The molecule has 0 radical (unpaired) electrons. The lowest BCUT2D eigenvalue weighted by Crippen LogP contribution is -2.37. The summed E-state index contributed by atoms with van der Waals surface area (Å²) in [6, 6.07) is 0. The maximum Gasteiger partial charge on any atom is 0.270 e. The average molecular weight is 302 g/mol. The Bertz CT molecular complexity index is 566. The Morgan fingerprint density at radius 3 is 2.73 bits per heavy atom. The molecule has 0 atom stereocenters. The van der Waals surface area contributed by atoms with Gasteiger partial charge in [0, 0.05) is 32.1 Å². The lowest BCUT2D eigenvalue weighted by Gasteiger charge is -2.32. The average Bonchev–Trinajstić information content (AvgIpc) is 2.42. The molecule has 1 amide bonds. The van der Waals surface area contributed by atoms with Crippen LogP contribution in [-0.4, -0.2) is 36.0 Å². The molecule has 0 unspecified atom stereocenters. The van der Waals surface area contributed by atoms with Crippen molar-refractivity contribution >= 4 is 11.7 Å². The predicted octanol–water partition coefficient (Wildman–Crippen LogP) is 2.20. The molecular weight excluding hydrogens is 276 g/mol. The molecule has 120 valence electrons. The quantitative estimate of drug-likeness (QED) is 0.906.